The zero-order valence-electron chi connectivity index (χ0n) is 12.7. The van der Waals surface area contributed by atoms with Crippen LogP contribution < -0.4 is 10.1 Å². The molecule has 1 aromatic rings. The van der Waals surface area contributed by atoms with E-state index in [1.807, 2.05) is 13.8 Å². The molecule has 20 heavy (non-hydrogen) atoms. The van der Waals surface area contributed by atoms with E-state index in [4.69, 9.17) is 4.74 Å². The minimum Gasteiger partial charge on any atom is -0.493 e. The molecule has 0 unspecified atom stereocenters. The molecule has 1 aromatic carbocycles. The summed E-state index contributed by atoms with van der Waals surface area (Å²) in [6.07, 6.45) is 0. The molecule has 112 valence electrons. The van der Waals surface area contributed by atoms with Gasteiger partial charge in [-0.15, -0.1) is 0 Å². The molecule has 0 saturated carbocycles. The highest BCUT2D eigenvalue weighted by atomic mass is 16.5. The van der Waals surface area contributed by atoms with Gasteiger partial charge in [0, 0.05) is 5.56 Å². The van der Waals surface area contributed by atoms with Crippen molar-refractivity contribution in [3.05, 3.63) is 29.8 Å². The van der Waals surface area contributed by atoms with Gasteiger partial charge in [-0.25, -0.2) is 0 Å². The van der Waals surface area contributed by atoms with Crippen molar-refractivity contribution in [3.63, 3.8) is 0 Å². The van der Waals surface area contributed by atoms with Gasteiger partial charge >= 0.3 is 0 Å². The van der Waals surface area contributed by atoms with Gasteiger partial charge in [0.15, 0.2) is 0 Å². The Hall–Kier alpha value is -1.55. The summed E-state index contributed by atoms with van der Waals surface area (Å²) in [5, 5.41) is 12.0. The van der Waals surface area contributed by atoms with Crippen LogP contribution in [0.1, 0.15) is 38.1 Å². The van der Waals surface area contributed by atoms with Gasteiger partial charge in [-0.05, 0) is 36.1 Å². The van der Waals surface area contributed by atoms with Crippen LogP contribution in [0.4, 0.5) is 0 Å². The number of hydrogen-bond donors (Lipinski definition) is 2. The van der Waals surface area contributed by atoms with Crippen molar-refractivity contribution in [2.75, 3.05) is 13.2 Å². The van der Waals surface area contributed by atoms with E-state index in [1.54, 1.807) is 24.3 Å². The summed E-state index contributed by atoms with van der Waals surface area (Å²) in [6.45, 7) is 8.70. The van der Waals surface area contributed by atoms with Gasteiger partial charge < -0.3 is 15.2 Å². The van der Waals surface area contributed by atoms with Crippen LogP contribution in [-0.2, 0) is 0 Å². The Morgan fingerprint density at radius 1 is 1.20 bits per heavy atom. The highest BCUT2D eigenvalue weighted by molar-refractivity contribution is 5.94. The van der Waals surface area contributed by atoms with Crippen molar-refractivity contribution in [1.29, 1.82) is 0 Å². The lowest BCUT2D eigenvalue weighted by molar-refractivity contribution is 0.0897. The molecule has 0 aliphatic heterocycles. The zero-order valence-corrected chi connectivity index (χ0v) is 12.7. The number of nitrogens with one attached hydrogen (secondary N) is 1. The minimum absolute atomic E-state index is 0.0566. The number of rotatable bonds is 7. The maximum absolute atomic E-state index is 12.0. The first-order chi connectivity index (χ1) is 9.43. The van der Waals surface area contributed by atoms with Crippen molar-refractivity contribution in [1.82, 2.24) is 5.32 Å². The maximum atomic E-state index is 12.0. The Balaban J connectivity index is 2.61. The summed E-state index contributed by atoms with van der Waals surface area (Å²) < 4.78 is 5.57. The van der Waals surface area contributed by atoms with E-state index in [0.29, 0.717) is 18.1 Å². The zero-order chi connectivity index (χ0) is 15.1. The average molecular weight is 279 g/mol. The lowest BCUT2D eigenvalue weighted by atomic mass is 10.0. The van der Waals surface area contributed by atoms with Crippen molar-refractivity contribution < 1.29 is 14.6 Å². The van der Waals surface area contributed by atoms with Crippen LogP contribution in [0, 0.1) is 11.8 Å². The van der Waals surface area contributed by atoms with Crippen molar-refractivity contribution >= 4 is 5.91 Å². The second-order valence-electron chi connectivity index (χ2n) is 5.74. The molecule has 0 spiro atoms. The summed E-state index contributed by atoms with van der Waals surface area (Å²) in [5.74, 6) is 1.25. The number of hydrogen-bond acceptors (Lipinski definition) is 3. The molecule has 1 atom stereocenters. The van der Waals surface area contributed by atoms with Gasteiger partial charge in [0.05, 0.1) is 19.3 Å². The molecule has 0 aliphatic carbocycles. The number of aliphatic hydroxyl groups is 1. The number of carbonyl (C=O) groups is 1. The van der Waals surface area contributed by atoms with Crippen LogP contribution in [0.2, 0.25) is 0 Å². The molecule has 0 heterocycles. The monoisotopic (exact) mass is 279 g/mol. The van der Waals surface area contributed by atoms with E-state index in [-0.39, 0.29) is 24.5 Å². The Morgan fingerprint density at radius 2 is 1.80 bits per heavy atom. The van der Waals surface area contributed by atoms with Gasteiger partial charge in [-0.1, -0.05) is 27.7 Å². The number of benzene rings is 1. The SMILES string of the molecule is CC(C)COc1ccc(C(=O)N[C@H](CO)C(C)C)cc1. The van der Waals surface area contributed by atoms with E-state index in [9.17, 15) is 9.90 Å². The van der Waals surface area contributed by atoms with Crippen molar-refractivity contribution in [3.8, 4) is 5.75 Å². The largest absolute Gasteiger partial charge is 0.493 e. The topological polar surface area (TPSA) is 58.6 Å². The predicted octanol–water partition coefficient (Wildman–Crippen LogP) is 2.47. The van der Waals surface area contributed by atoms with E-state index in [1.165, 1.54) is 0 Å². The molecule has 4 heteroatoms. The number of ether oxygens (including phenoxy) is 1. The molecular weight excluding hydrogens is 254 g/mol. The molecule has 0 saturated heterocycles. The molecular formula is C16H25NO3. The lowest BCUT2D eigenvalue weighted by Crippen LogP contribution is -2.41. The van der Waals surface area contributed by atoms with Gasteiger partial charge in [-0.2, -0.15) is 0 Å². The first-order valence-electron chi connectivity index (χ1n) is 7.08. The van der Waals surface area contributed by atoms with Gasteiger partial charge in [0.2, 0.25) is 0 Å². The first-order valence-corrected chi connectivity index (χ1v) is 7.08. The highest BCUT2D eigenvalue weighted by Gasteiger charge is 2.16. The molecule has 0 radical (unpaired) electrons. The lowest BCUT2D eigenvalue weighted by Gasteiger charge is -2.20. The summed E-state index contributed by atoms with van der Waals surface area (Å²) in [5.41, 5.74) is 0.570. The molecule has 1 rings (SSSR count). The summed E-state index contributed by atoms with van der Waals surface area (Å²) in [6, 6.07) is 6.83. The van der Waals surface area contributed by atoms with Crippen LogP contribution in [0.3, 0.4) is 0 Å². The molecule has 1 amide bonds. The highest BCUT2D eigenvalue weighted by Crippen LogP contribution is 2.13. The third kappa shape index (κ3) is 5.21. The molecule has 0 fully saturated rings. The van der Waals surface area contributed by atoms with E-state index in [0.717, 1.165) is 5.75 Å². The first kappa shape index (κ1) is 16.5. The Morgan fingerprint density at radius 3 is 2.25 bits per heavy atom. The minimum atomic E-state index is -0.223. The van der Waals surface area contributed by atoms with E-state index >= 15 is 0 Å². The Kier molecular flexibility index (Phi) is 6.52. The van der Waals surface area contributed by atoms with Crippen LogP contribution >= 0.6 is 0 Å². The van der Waals surface area contributed by atoms with E-state index in [2.05, 4.69) is 19.2 Å². The average Bonchev–Trinajstić information content (AvgIpc) is 2.42. The maximum Gasteiger partial charge on any atom is 0.251 e. The number of amides is 1. The van der Waals surface area contributed by atoms with E-state index < -0.39 is 0 Å². The fourth-order valence-corrected chi connectivity index (χ4v) is 1.64. The Bertz CT molecular complexity index is 412. The number of aliphatic hydroxyl groups excluding tert-OH is 1. The predicted molar refractivity (Wildman–Crippen MR) is 80.0 cm³/mol. The van der Waals surface area contributed by atoms with Crippen LogP contribution in [-0.4, -0.2) is 30.3 Å². The van der Waals surface area contributed by atoms with Gasteiger partial charge in [-0.3, -0.25) is 4.79 Å². The second kappa shape index (κ2) is 7.90. The van der Waals surface area contributed by atoms with Gasteiger partial charge in [0.25, 0.3) is 5.91 Å². The van der Waals surface area contributed by atoms with Crippen molar-refractivity contribution in [2.45, 2.75) is 33.7 Å². The molecule has 0 bridgehead atoms. The van der Waals surface area contributed by atoms with Crippen molar-refractivity contribution in [2.24, 2.45) is 11.8 Å². The van der Waals surface area contributed by atoms with Gasteiger partial charge in [0.1, 0.15) is 5.75 Å². The quantitative estimate of drug-likeness (QED) is 0.806. The summed E-state index contributed by atoms with van der Waals surface area (Å²) >= 11 is 0. The standard InChI is InChI=1S/C16H25NO3/c1-11(2)10-20-14-7-5-13(6-8-14)16(19)17-15(9-18)12(3)4/h5-8,11-12,15,18H,9-10H2,1-4H3,(H,17,19)/t15-/m1/s1. The van der Waals surface area contributed by atoms with Crippen LogP contribution in [0.15, 0.2) is 24.3 Å². The summed E-state index contributed by atoms with van der Waals surface area (Å²) in [7, 11) is 0. The fourth-order valence-electron chi connectivity index (χ4n) is 1.64. The molecule has 0 aliphatic rings. The fraction of sp³-hybridized carbons (Fsp3) is 0.562. The molecule has 4 nitrogen and oxygen atoms in total. The normalized spacial score (nSPS) is 12.6. The number of carbonyl (C=O) groups excluding carboxylic acids is 1. The smallest absolute Gasteiger partial charge is 0.251 e. The third-order valence-electron chi connectivity index (χ3n) is 3.02. The van der Waals surface area contributed by atoms with Crippen LogP contribution in [0.25, 0.3) is 0 Å². The molecule has 0 aromatic heterocycles. The van der Waals surface area contributed by atoms with Crippen LogP contribution in [0.5, 0.6) is 5.75 Å². The summed E-state index contributed by atoms with van der Waals surface area (Å²) in [4.78, 5) is 12.0. The Labute approximate surface area is 121 Å². The third-order valence-corrected chi connectivity index (χ3v) is 3.02. The second-order valence-corrected chi connectivity index (χ2v) is 5.74. The molecule has 2 N–H and O–H groups in total.